The number of aliphatic imine (C=N–C) groups is 1. The van der Waals surface area contributed by atoms with Crippen LogP contribution in [0.25, 0.3) is 6.08 Å². The lowest BCUT2D eigenvalue weighted by Gasteiger charge is -2.30. The maximum absolute atomic E-state index is 12.0. The van der Waals surface area contributed by atoms with Crippen LogP contribution in [-0.2, 0) is 4.79 Å². The van der Waals surface area contributed by atoms with Crippen LogP contribution in [-0.4, -0.2) is 34.2 Å². The minimum atomic E-state index is -0.183. The van der Waals surface area contributed by atoms with E-state index < -0.39 is 0 Å². The summed E-state index contributed by atoms with van der Waals surface area (Å²) in [5, 5.41) is 10.3. The Balaban J connectivity index is 1.73. The van der Waals surface area contributed by atoms with E-state index in [1.54, 1.807) is 24.3 Å². The molecule has 1 aromatic carbocycles. The molecule has 110 valence electrons. The van der Waals surface area contributed by atoms with Crippen LogP contribution < -0.4 is 0 Å². The van der Waals surface area contributed by atoms with Gasteiger partial charge in [0, 0.05) is 13.1 Å². The standard InChI is InChI=1S/C16H18N2O2S/c1-11-5-7-18(8-6-11)16-17-15(20)14(21-16)10-12-3-2-4-13(19)9-12/h2-4,9-11,19H,5-8H2,1H3. The summed E-state index contributed by atoms with van der Waals surface area (Å²) in [5.74, 6) is 0.772. The third-order valence-electron chi connectivity index (χ3n) is 3.83. The number of phenols is 1. The molecular weight excluding hydrogens is 284 g/mol. The number of hydrogen-bond acceptors (Lipinski definition) is 4. The number of carbonyl (C=O) groups is 1. The molecule has 2 aliphatic rings. The molecule has 0 aliphatic carbocycles. The molecule has 2 aliphatic heterocycles. The van der Waals surface area contributed by atoms with Crippen molar-refractivity contribution in [2.24, 2.45) is 10.9 Å². The zero-order valence-corrected chi connectivity index (χ0v) is 12.8. The molecule has 4 nitrogen and oxygen atoms in total. The quantitative estimate of drug-likeness (QED) is 0.810. The number of likely N-dealkylation sites (tertiary alicyclic amines) is 1. The van der Waals surface area contributed by atoms with Crippen LogP contribution in [0, 0.1) is 5.92 Å². The number of thioether (sulfide) groups is 1. The van der Waals surface area contributed by atoms with Crippen molar-refractivity contribution in [3.8, 4) is 5.75 Å². The van der Waals surface area contributed by atoms with Crippen molar-refractivity contribution >= 4 is 28.9 Å². The average molecular weight is 302 g/mol. The van der Waals surface area contributed by atoms with E-state index in [2.05, 4.69) is 16.8 Å². The number of aromatic hydroxyl groups is 1. The predicted octanol–water partition coefficient (Wildman–Crippen LogP) is 3.09. The van der Waals surface area contributed by atoms with Gasteiger partial charge in [0.1, 0.15) is 5.75 Å². The van der Waals surface area contributed by atoms with Crippen LogP contribution in [0.1, 0.15) is 25.3 Å². The molecule has 0 radical (unpaired) electrons. The number of piperidine rings is 1. The molecule has 2 heterocycles. The fourth-order valence-corrected chi connectivity index (χ4v) is 3.46. The number of rotatable bonds is 1. The highest BCUT2D eigenvalue weighted by Crippen LogP contribution is 2.32. The van der Waals surface area contributed by atoms with E-state index in [0.717, 1.165) is 42.6 Å². The summed E-state index contributed by atoms with van der Waals surface area (Å²) >= 11 is 1.43. The molecule has 0 aromatic heterocycles. The van der Waals surface area contributed by atoms with Gasteiger partial charge in [0.2, 0.25) is 0 Å². The summed E-state index contributed by atoms with van der Waals surface area (Å²) in [6.45, 7) is 4.21. The van der Waals surface area contributed by atoms with Gasteiger partial charge in [0.05, 0.1) is 4.91 Å². The van der Waals surface area contributed by atoms with Crippen LogP contribution in [0.4, 0.5) is 0 Å². The van der Waals surface area contributed by atoms with Gasteiger partial charge in [-0.1, -0.05) is 19.1 Å². The summed E-state index contributed by atoms with van der Waals surface area (Å²) in [4.78, 5) is 19.0. The SMILES string of the molecule is CC1CCN(C2=NC(=O)C(=Cc3cccc(O)c3)S2)CC1. The Morgan fingerprint density at radius 2 is 2.14 bits per heavy atom. The Labute approximate surface area is 128 Å². The Morgan fingerprint density at radius 1 is 1.38 bits per heavy atom. The molecule has 1 aromatic rings. The second-order valence-electron chi connectivity index (χ2n) is 5.57. The first-order chi connectivity index (χ1) is 10.1. The molecule has 5 heteroatoms. The van der Waals surface area contributed by atoms with Crippen molar-refractivity contribution in [3.05, 3.63) is 34.7 Å². The van der Waals surface area contributed by atoms with E-state index in [1.807, 2.05) is 6.07 Å². The highest BCUT2D eigenvalue weighted by molar-refractivity contribution is 8.18. The van der Waals surface area contributed by atoms with Crippen molar-refractivity contribution in [1.82, 2.24) is 4.90 Å². The Bertz CT molecular complexity index is 616. The number of phenolic OH excluding ortho intramolecular Hbond substituents is 1. The predicted molar refractivity (Wildman–Crippen MR) is 86.1 cm³/mol. The maximum atomic E-state index is 12.0. The number of carbonyl (C=O) groups excluding carboxylic acids is 1. The summed E-state index contributed by atoms with van der Waals surface area (Å²) in [6, 6.07) is 6.88. The summed E-state index contributed by atoms with van der Waals surface area (Å²) in [5.41, 5.74) is 0.814. The van der Waals surface area contributed by atoms with Gasteiger partial charge >= 0.3 is 0 Å². The van der Waals surface area contributed by atoms with Gasteiger partial charge in [-0.15, -0.1) is 0 Å². The molecule has 0 saturated carbocycles. The molecule has 0 unspecified atom stereocenters. The van der Waals surface area contributed by atoms with E-state index in [9.17, 15) is 9.90 Å². The van der Waals surface area contributed by atoms with Crippen LogP contribution in [0.15, 0.2) is 34.2 Å². The van der Waals surface area contributed by atoms with E-state index in [0.29, 0.717) is 4.91 Å². The van der Waals surface area contributed by atoms with Gasteiger partial charge < -0.3 is 10.0 Å². The van der Waals surface area contributed by atoms with Crippen LogP contribution in [0.5, 0.6) is 5.75 Å². The fraction of sp³-hybridized carbons (Fsp3) is 0.375. The third-order valence-corrected chi connectivity index (χ3v) is 4.88. The summed E-state index contributed by atoms with van der Waals surface area (Å²) in [7, 11) is 0. The Hall–Kier alpha value is -1.75. The van der Waals surface area contributed by atoms with Crippen LogP contribution >= 0.6 is 11.8 Å². The van der Waals surface area contributed by atoms with Crippen molar-refractivity contribution < 1.29 is 9.90 Å². The van der Waals surface area contributed by atoms with E-state index >= 15 is 0 Å². The minimum absolute atomic E-state index is 0.183. The van der Waals surface area contributed by atoms with Gasteiger partial charge in [0.25, 0.3) is 5.91 Å². The van der Waals surface area contributed by atoms with E-state index in [4.69, 9.17) is 0 Å². The largest absolute Gasteiger partial charge is 0.508 e. The topological polar surface area (TPSA) is 52.9 Å². The first-order valence-corrected chi connectivity index (χ1v) is 8.00. The molecule has 1 amide bonds. The second-order valence-corrected chi connectivity index (χ2v) is 6.58. The van der Waals surface area contributed by atoms with Gasteiger partial charge in [-0.05, 0) is 54.3 Å². The molecule has 1 N–H and O–H groups in total. The Kier molecular flexibility index (Phi) is 4.01. The summed E-state index contributed by atoms with van der Waals surface area (Å²) in [6.07, 6.45) is 4.09. The van der Waals surface area contributed by atoms with Gasteiger partial charge in [-0.2, -0.15) is 4.99 Å². The summed E-state index contributed by atoms with van der Waals surface area (Å²) < 4.78 is 0. The van der Waals surface area contributed by atoms with Gasteiger partial charge in [-0.3, -0.25) is 4.79 Å². The maximum Gasteiger partial charge on any atom is 0.286 e. The third kappa shape index (κ3) is 3.29. The molecule has 0 atom stereocenters. The van der Waals surface area contributed by atoms with Gasteiger partial charge in [-0.25, -0.2) is 0 Å². The molecule has 1 saturated heterocycles. The lowest BCUT2D eigenvalue weighted by Crippen LogP contribution is -2.35. The zero-order valence-electron chi connectivity index (χ0n) is 12.0. The first kappa shape index (κ1) is 14.2. The van der Waals surface area contributed by atoms with Crippen molar-refractivity contribution in [2.75, 3.05) is 13.1 Å². The number of hydrogen-bond donors (Lipinski definition) is 1. The van der Waals surface area contributed by atoms with E-state index in [-0.39, 0.29) is 11.7 Å². The van der Waals surface area contributed by atoms with Crippen LogP contribution in [0.2, 0.25) is 0 Å². The number of amides is 1. The highest BCUT2D eigenvalue weighted by Gasteiger charge is 2.28. The molecule has 3 rings (SSSR count). The first-order valence-electron chi connectivity index (χ1n) is 7.18. The smallest absolute Gasteiger partial charge is 0.286 e. The highest BCUT2D eigenvalue weighted by atomic mass is 32.2. The normalized spacial score (nSPS) is 22.0. The Morgan fingerprint density at radius 3 is 2.86 bits per heavy atom. The second kappa shape index (κ2) is 5.93. The minimum Gasteiger partial charge on any atom is -0.508 e. The monoisotopic (exact) mass is 302 g/mol. The molecule has 21 heavy (non-hydrogen) atoms. The lowest BCUT2D eigenvalue weighted by atomic mass is 10.00. The number of benzene rings is 1. The molecule has 0 bridgehead atoms. The average Bonchev–Trinajstić information content (AvgIpc) is 2.81. The van der Waals surface area contributed by atoms with Crippen molar-refractivity contribution in [2.45, 2.75) is 19.8 Å². The zero-order chi connectivity index (χ0) is 14.8. The fourth-order valence-electron chi connectivity index (χ4n) is 2.50. The molecule has 1 fully saturated rings. The van der Waals surface area contributed by atoms with Crippen molar-refractivity contribution in [1.29, 1.82) is 0 Å². The number of amidine groups is 1. The van der Waals surface area contributed by atoms with E-state index in [1.165, 1.54) is 11.8 Å². The van der Waals surface area contributed by atoms with Crippen molar-refractivity contribution in [3.63, 3.8) is 0 Å². The molecular formula is C16H18N2O2S. The van der Waals surface area contributed by atoms with Gasteiger partial charge in [0.15, 0.2) is 5.17 Å². The van der Waals surface area contributed by atoms with Crippen LogP contribution in [0.3, 0.4) is 0 Å². The lowest BCUT2D eigenvalue weighted by molar-refractivity contribution is -0.113. The molecule has 0 spiro atoms. The number of nitrogens with zero attached hydrogens (tertiary/aromatic N) is 2.